The van der Waals surface area contributed by atoms with Crippen LogP contribution < -0.4 is 5.32 Å². The second kappa shape index (κ2) is 9.46. The van der Waals surface area contributed by atoms with E-state index < -0.39 is 0 Å². The molecule has 1 amide bonds. The number of ether oxygens (including phenoxy) is 1. The van der Waals surface area contributed by atoms with Crippen LogP contribution in [0.15, 0.2) is 0 Å². The molecule has 4 nitrogen and oxygen atoms in total. The summed E-state index contributed by atoms with van der Waals surface area (Å²) in [4.78, 5) is 13.5. The van der Waals surface area contributed by atoms with E-state index in [-0.39, 0.29) is 12.1 Å². The van der Waals surface area contributed by atoms with E-state index in [1.165, 1.54) is 0 Å². The second-order valence-electron chi connectivity index (χ2n) is 3.93. The van der Waals surface area contributed by atoms with Gasteiger partial charge in [-0.1, -0.05) is 13.8 Å². The van der Waals surface area contributed by atoms with Gasteiger partial charge in [0.15, 0.2) is 0 Å². The van der Waals surface area contributed by atoms with Crippen LogP contribution in [0.4, 0.5) is 4.79 Å². The first-order valence-corrected chi connectivity index (χ1v) is 6.29. The molecule has 0 saturated carbocycles. The first-order chi connectivity index (χ1) is 7.63. The first-order valence-electron chi connectivity index (χ1n) is 6.29. The lowest BCUT2D eigenvalue weighted by molar-refractivity contribution is 0.148. The van der Waals surface area contributed by atoms with Crippen molar-refractivity contribution in [1.82, 2.24) is 10.2 Å². The number of rotatable bonds is 8. The summed E-state index contributed by atoms with van der Waals surface area (Å²) >= 11 is 0. The van der Waals surface area contributed by atoms with Gasteiger partial charge in [-0.25, -0.2) is 4.79 Å². The second-order valence-corrected chi connectivity index (χ2v) is 3.93. The van der Waals surface area contributed by atoms with Crippen LogP contribution in [0.2, 0.25) is 0 Å². The van der Waals surface area contributed by atoms with Gasteiger partial charge >= 0.3 is 6.09 Å². The molecule has 1 unspecified atom stereocenters. The topological polar surface area (TPSA) is 41.6 Å². The number of carbonyl (C=O) groups excluding carboxylic acids is 1. The highest BCUT2D eigenvalue weighted by molar-refractivity contribution is 5.67. The summed E-state index contributed by atoms with van der Waals surface area (Å²) in [6, 6.07) is 0.189. The average Bonchev–Trinajstić information content (AvgIpc) is 2.24. The standard InChI is InChI=1S/C12H26N2O2/c1-5-14(6-2)10-8-9-11(4)13-12(15)16-7-3/h11H,5-10H2,1-4H3,(H,13,15). The molecule has 0 aromatic carbocycles. The molecule has 0 rings (SSSR count). The Bertz CT molecular complexity index is 182. The van der Waals surface area contributed by atoms with E-state index in [0.29, 0.717) is 6.61 Å². The largest absolute Gasteiger partial charge is 0.450 e. The highest BCUT2D eigenvalue weighted by Gasteiger charge is 2.07. The lowest BCUT2D eigenvalue weighted by Gasteiger charge is -2.19. The molecule has 0 spiro atoms. The number of hydrogen-bond donors (Lipinski definition) is 1. The third kappa shape index (κ3) is 7.51. The van der Waals surface area contributed by atoms with Gasteiger partial charge in [0.25, 0.3) is 0 Å². The minimum Gasteiger partial charge on any atom is -0.450 e. The Labute approximate surface area is 99.3 Å². The Morgan fingerprint density at radius 3 is 2.44 bits per heavy atom. The summed E-state index contributed by atoms with van der Waals surface area (Å²) in [7, 11) is 0. The van der Waals surface area contributed by atoms with Gasteiger partial charge in [0, 0.05) is 6.04 Å². The third-order valence-corrected chi connectivity index (χ3v) is 2.65. The van der Waals surface area contributed by atoms with E-state index in [0.717, 1.165) is 32.5 Å². The number of carbonyl (C=O) groups is 1. The van der Waals surface area contributed by atoms with Gasteiger partial charge in [0.1, 0.15) is 0 Å². The summed E-state index contributed by atoms with van der Waals surface area (Å²) in [5.74, 6) is 0. The van der Waals surface area contributed by atoms with Crippen LogP contribution in [0.1, 0.15) is 40.5 Å². The summed E-state index contributed by atoms with van der Waals surface area (Å²) in [5.41, 5.74) is 0. The molecule has 0 aliphatic carbocycles. The van der Waals surface area contributed by atoms with E-state index in [4.69, 9.17) is 4.74 Å². The van der Waals surface area contributed by atoms with Crippen LogP contribution in [0.25, 0.3) is 0 Å². The average molecular weight is 230 g/mol. The van der Waals surface area contributed by atoms with Crippen molar-refractivity contribution in [3.63, 3.8) is 0 Å². The molecule has 0 aliphatic rings. The normalized spacial score (nSPS) is 12.6. The van der Waals surface area contributed by atoms with E-state index in [2.05, 4.69) is 24.1 Å². The predicted octanol–water partition coefficient (Wildman–Crippen LogP) is 2.24. The van der Waals surface area contributed by atoms with E-state index in [9.17, 15) is 4.79 Å². The van der Waals surface area contributed by atoms with E-state index in [1.54, 1.807) is 0 Å². The first kappa shape index (κ1) is 15.2. The van der Waals surface area contributed by atoms with Gasteiger partial charge in [-0.2, -0.15) is 0 Å². The van der Waals surface area contributed by atoms with Crippen LogP contribution in [0, 0.1) is 0 Å². The molecule has 0 heterocycles. The number of hydrogen-bond acceptors (Lipinski definition) is 3. The quantitative estimate of drug-likeness (QED) is 0.695. The SMILES string of the molecule is CCOC(=O)NC(C)CCCN(CC)CC. The lowest BCUT2D eigenvalue weighted by Crippen LogP contribution is -2.34. The fourth-order valence-corrected chi connectivity index (χ4v) is 1.61. The van der Waals surface area contributed by atoms with Crippen molar-refractivity contribution in [2.45, 2.75) is 46.6 Å². The van der Waals surface area contributed by atoms with Crippen molar-refractivity contribution in [3.8, 4) is 0 Å². The van der Waals surface area contributed by atoms with Crippen LogP contribution in [0.3, 0.4) is 0 Å². The molecular formula is C12H26N2O2. The minimum absolute atomic E-state index is 0.189. The minimum atomic E-state index is -0.308. The van der Waals surface area contributed by atoms with E-state index >= 15 is 0 Å². The number of nitrogens with one attached hydrogen (secondary N) is 1. The smallest absolute Gasteiger partial charge is 0.407 e. The Morgan fingerprint density at radius 1 is 1.31 bits per heavy atom. The molecule has 0 aromatic heterocycles. The van der Waals surface area contributed by atoms with Gasteiger partial charge in [0.2, 0.25) is 0 Å². The van der Waals surface area contributed by atoms with Crippen molar-refractivity contribution in [2.24, 2.45) is 0 Å². The van der Waals surface area contributed by atoms with Gasteiger partial charge < -0.3 is 15.0 Å². The van der Waals surface area contributed by atoms with Crippen molar-refractivity contribution < 1.29 is 9.53 Å². The maximum Gasteiger partial charge on any atom is 0.407 e. The molecule has 0 aromatic rings. The summed E-state index contributed by atoms with van der Waals surface area (Å²) in [6.45, 7) is 11.9. The van der Waals surface area contributed by atoms with Crippen LogP contribution in [0.5, 0.6) is 0 Å². The Morgan fingerprint density at radius 2 is 1.94 bits per heavy atom. The predicted molar refractivity (Wildman–Crippen MR) is 66.6 cm³/mol. The molecular weight excluding hydrogens is 204 g/mol. The highest BCUT2D eigenvalue weighted by Crippen LogP contribution is 1.99. The van der Waals surface area contributed by atoms with Crippen LogP contribution in [-0.2, 0) is 4.74 Å². The van der Waals surface area contributed by atoms with Gasteiger partial charge in [-0.05, 0) is 46.3 Å². The molecule has 4 heteroatoms. The summed E-state index contributed by atoms with van der Waals surface area (Å²) in [5, 5.41) is 2.81. The van der Waals surface area contributed by atoms with Crippen molar-refractivity contribution >= 4 is 6.09 Å². The molecule has 1 N–H and O–H groups in total. The highest BCUT2D eigenvalue weighted by atomic mass is 16.5. The van der Waals surface area contributed by atoms with Crippen molar-refractivity contribution in [3.05, 3.63) is 0 Å². The maximum absolute atomic E-state index is 11.1. The van der Waals surface area contributed by atoms with Crippen molar-refractivity contribution in [2.75, 3.05) is 26.2 Å². The monoisotopic (exact) mass is 230 g/mol. The van der Waals surface area contributed by atoms with E-state index in [1.807, 2.05) is 13.8 Å². The Kier molecular flexibility index (Phi) is 9.00. The number of nitrogens with zero attached hydrogens (tertiary/aromatic N) is 1. The number of amides is 1. The zero-order chi connectivity index (χ0) is 12.4. The molecule has 0 saturated heterocycles. The van der Waals surface area contributed by atoms with Crippen molar-refractivity contribution in [1.29, 1.82) is 0 Å². The molecule has 0 bridgehead atoms. The zero-order valence-corrected chi connectivity index (χ0v) is 11.1. The molecule has 1 atom stereocenters. The fraction of sp³-hybridized carbons (Fsp3) is 0.917. The molecule has 16 heavy (non-hydrogen) atoms. The van der Waals surface area contributed by atoms with Crippen LogP contribution >= 0.6 is 0 Å². The molecule has 0 radical (unpaired) electrons. The molecule has 0 fully saturated rings. The third-order valence-electron chi connectivity index (χ3n) is 2.65. The fourth-order valence-electron chi connectivity index (χ4n) is 1.61. The van der Waals surface area contributed by atoms with Gasteiger partial charge in [-0.15, -0.1) is 0 Å². The van der Waals surface area contributed by atoms with Gasteiger partial charge in [0.05, 0.1) is 6.61 Å². The zero-order valence-electron chi connectivity index (χ0n) is 11.1. The van der Waals surface area contributed by atoms with Crippen LogP contribution in [-0.4, -0.2) is 43.3 Å². The summed E-state index contributed by atoms with van der Waals surface area (Å²) < 4.78 is 4.82. The maximum atomic E-state index is 11.1. The van der Waals surface area contributed by atoms with Gasteiger partial charge in [-0.3, -0.25) is 0 Å². The summed E-state index contributed by atoms with van der Waals surface area (Å²) in [6.07, 6.45) is 1.79. The molecule has 0 aliphatic heterocycles. The Balaban J connectivity index is 3.56. The molecule has 96 valence electrons. The lowest BCUT2D eigenvalue weighted by atomic mass is 10.2. The number of alkyl carbamates (subject to hydrolysis) is 1. The Hall–Kier alpha value is -0.770.